The van der Waals surface area contributed by atoms with E-state index in [4.69, 9.17) is 5.26 Å². The number of nitriles is 1. The van der Waals surface area contributed by atoms with Crippen molar-refractivity contribution in [3.8, 4) is 11.9 Å². The molecule has 126 valence electrons. The lowest BCUT2D eigenvalue weighted by Gasteiger charge is -2.08. The molecular formula is C19H19N5S. The number of thioether (sulfide) groups is 1. The van der Waals surface area contributed by atoms with Gasteiger partial charge in [-0.1, -0.05) is 24.3 Å². The highest BCUT2D eigenvalue weighted by Crippen LogP contribution is 2.16. The molecule has 0 spiro atoms. The van der Waals surface area contributed by atoms with Gasteiger partial charge < -0.3 is 5.32 Å². The van der Waals surface area contributed by atoms with Crippen LogP contribution in [0.25, 0.3) is 5.82 Å². The van der Waals surface area contributed by atoms with Crippen molar-refractivity contribution in [1.29, 1.82) is 5.26 Å². The third-order valence-corrected chi connectivity index (χ3v) is 4.64. The van der Waals surface area contributed by atoms with Crippen LogP contribution >= 0.6 is 11.8 Å². The summed E-state index contributed by atoms with van der Waals surface area (Å²) in [5.74, 6) is 3.41. The minimum Gasteiger partial charge on any atom is -0.369 e. The quantitative estimate of drug-likeness (QED) is 0.657. The van der Waals surface area contributed by atoms with Crippen LogP contribution in [0.1, 0.15) is 16.7 Å². The van der Waals surface area contributed by atoms with Gasteiger partial charge in [-0.15, -0.1) is 0 Å². The fourth-order valence-electron chi connectivity index (χ4n) is 2.38. The second-order valence-electron chi connectivity index (χ2n) is 5.59. The van der Waals surface area contributed by atoms with Gasteiger partial charge in [0.15, 0.2) is 5.82 Å². The molecule has 6 heteroatoms. The Balaban J connectivity index is 1.49. The maximum absolute atomic E-state index is 9.10. The number of hydrogen-bond acceptors (Lipinski definition) is 5. The molecule has 3 rings (SSSR count). The molecule has 2 heterocycles. The van der Waals surface area contributed by atoms with Crippen LogP contribution in [0.2, 0.25) is 0 Å². The van der Waals surface area contributed by atoms with Gasteiger partial charge in [0.05, 0.1) is 17.8 Å². The number of hydrogen-bond donors (Lipinski definition) is 1. The van der Waals surface area contributed by atoms with Gasteiger partial charge in [-0.05, 0) is 36.2 Å². The van der Waals surface area contributed by atoms with Crippen LogP contribution < -0.4 is 5.32 Å². The Labute approximate surface area is 151 Å². The largest absolute Gasteiger partial charge is 0.369 e. The van der Waals surface area contributed by atoms with E-state index in [1.54, 1.807) is 16.4 Å². The van der Waals surface area contributed by atoms with Crippen molar-refractivity contribution >= 4 is 17.6 Å². The van der Waals surface area contributed by atoms with Gasteiger partial charge in [-0.3, -0.25) is 0 Å². The molecule has 0 bridgehead atoms. The minimum absolute atomic E-state index is 0.756. The second-order valence-corrected chi connectivity index (χ2v) is 6.70. The number of anilines is 1. The first-order valence-electron chi connectivity index (χ1n) is 8.04. The zero-order chi connectivity index (χ0) is 17.5. The Hall–Kier alpha value is -2.78. The molecule has 0 fully saturated rings. The Bertz CT molecular complexity index is 881. The predicted octanol–water partition coefficient (Wildman–Crippen LogP) is 3.79. The van der Waals surface area contributed by atoms with Gasteiger partial charge in [-0.2, -0.15) is 22.1 Å². The topological polar surface area (TPSA) is 66.5 Å². The summed E-state index contributed by atoms with van der Waals surface area (Å²) in [5.41, 5.74) is 2.95. The number of aromatic nitrogens is 3. The molecule has 25 heavy (non-hydrogen) atoms. The van der Waals surface area contributed by atoms with Crippen LogP contribution in [0, 0.1) is 18.3 Å². The molecule has 0 aliphatic carbocycles. The molecule has 0 amide bonds. The van der Waals surface area contributed by atoms with Crippen molar-refractivity contribution < 1.29 is 0 Å². The van der Waals surface area contributed by atoms with Crippen molar-refractivity contribution in [3.05, 3.63) is 71.5 Å². The van der Waals surface area contributed by atoms with E-state index in [1.165, 1.54) is 0 Å². The summed E-state index contributed by atoms with van der Waals surface area (Å²) in [5, 5.41) is 16.7. The van der Waals surface area contributed by atoms with Gasteiger partial charge >= 0.3 is 0 Å². The molecular weight excluding hydrogens is 330 g/mol. The maximum atomic E-state index is 9.10. The fourth-order valence-corrected chi connectivity index (χ4v) is 3.24. The van der Waals surface area contributed by atoms with Crippen LogP contribution in [0.5, 0.6) is 0 Å². The van der Waals surface area contributed by atoms with E-state index in [0.717, 1.165) is 46.4 Å². The lowest BCUT2D eigenvalue weighted by molar-refractivity contribution is 0.847. The molecule has 1 aromatic carbocycles. The van der Waals surface area contributed by atoms with Gasteiger partial charge in [0.1, 0.15) is 5.82 Å². The molecule has 0 aliphatic rings. The third kappa shape index (κ3) is 4.61. The maximum Gasteiger partial charge on any atom is 0.155 e. The molecule has 1 N–H and O–H groups in total. The third-order valence-electron chi connectivity index (χ3n) is 3.63. The average Bonchev–Trinajstić information content (AvgIpc) is 3.08. The van der Waals surface area contributed by atoms with Gasteiger partial charge in [0.25, 0.3) is 0 Å². The Morgan fingerprint density at radius 3 is 2.88 bits per heavy atom. The minimum atomic E-state index is 0.756. The number of benzene rings is 1. The molecule has 0 radical (unpaired) electrons. The molecule has 0 saturated heterocycles. The van der Waals surface area contributed by atoms with Crippen LogP contribution in [0.3, 0.4) is 0 Å². The fraction of sp³-hybridized carbons (Fsp3) is 0.211. The monoisotopic (exact) mass is 349 g/mol. The van der Waals surface area contributed by atoms with Crippen molar-refractivity contribution in [2.75, 3.05) is 17.6 Å². The number of nitrogens with zero attached hydrogens (tertiary/aromatic N) is 4. The summed E-state index contributed by atoms with van der Waals surface area (Å²) in [6.45, 7) is 2.82. The zero-order valence-corrected chi connectivity index (χ0v) is 14.8. The zero-order valence-electron chi connectivity index (χ0n) is 14.0. The van der Waals surface area contributed by atoms with E-state index in [-0.39, 0.29) is 0 Å². The van der Waals surface area contributed by atoms with Gasteiger partial charge in [0.2, 0.25) is 0 Å². The second kappa shape index (κ2) is 8.36. The molecule has 3 aromatic rings. The van der Waals surface area contributed by atoms with Gasteiger partial charge in [-0.25, -0.2) is 9.67 Å². The first-order valence-corrected chi connectivity index (χ1v) is 9.20. The van der Waals surface area contributed by atoms with Gasteiger partial charge in [0, 0.05) is 24.2 Å². The van der Waals surface area contributed by atoms with Crippen LogP contribution in [0.15, 0.2) is 54.9 Å². The highest BCUT2D eigenvalue weighted by atomic mass is 32.2. The van der Waals surface area contributed by atoms with E-state index >= 15 is 0 Å². The standard InChI is InChI=1S/C19H19N5S/c1-15-12-22-24(13-15)19-8-4-7-18(23-19)21-9-10-25-14-17-6-3-2-5-16(17)11-20/h2-8,12-13H,9-10,14H2,1H3,(H,21,23). The van der Waals surface area contributed by atoms with Crippen LogP contribution in [-0.4, -0.2) is 27.1 Å². The Kier molecular flexibility index (Phi) is 5.70. The summed E-state index contributed by atoms with van der Waals surface area (Å²) in [7, 11) is 0. The average molecular weight is 349 g/mol. The molecule has 0 aliphatic heterocycles. The van der Waals surface area contributed by atoms with Crippen molar-refractivity contribution in [1.82, 2.24) is 14.8 Å². The van der Waals surface area contributed by atoms with Crippen LogP contribution in [0.4, 0.5) is 5.82 Å². The Morgan fingerprint density at radius 1 is 1.20 bits per heavy atom. The number of rotatable bonds is 7. The molecule has 0 unspecified atom stereocenters. The molecule has 0 saturated carbocycles. The molecule has 2 aromatic heterocycles. The summed E-state index contributed by atoms with van der Waals surface area (Å²) in [4.78, 5) is 4.58. The lowest BCUT2D eigenvalue weighted by Crippen LogP contribution is -2.07. The smallest absolute Gasteiger partial charge is 0.155 e. The normalized spacial score (nSPS) is 10.4. The summed E-state index contributed by atoms with van der Waals surface area (Å²) >= 11 is 1.80. The predicted molar refractivity (Wildman–Crippen MR) is 102 cm³/mol. The van der Waals surface area contributed by atoms with E-state index in [0.29, 0.717) is 0 Å². The van der Waals surface area contributed by atoms with E-state index in [2.05, 4.69) is 21.5 Å². The first-order chi connectivity index (χ1) is 12.3. The lowest BCUT2D eigenvalue weighted by atomic mass is 10.1. The molecule has 0 atom stereocenters. The van der Waals surface area contributed by atoms with E-state index < -0.39 is 0 Å². The summed E-state index contributed by atoms with van der Waals surface area (Å²) in [6.07, 6.45) is 3.77. The highest BCUT2D eigenvalue weighted by Gasteiger charge is 2.03. The number of nitrogens with one attached hydrogen (secondary N) is 1. The Morgan fingerprint density at radius 2 is 2.08 bits per heavy atom. The molecule has 5 nitrogen and oxygen atoms in total. The number of pyridine rings is 1. The highest BCUT2D eigenvalue weighted by molar-refractivity contribution is 7.98. The van der Waals surface area contributed by atoms with Crippen molar-refractivity contribution in [2.24, 2.45) is 0 Å². The van der Waals surface area contributed by atoms with E-state index in [1.807, 2.05) is 61.8 Å². The number of aryl methyl sites for hydroxylation is 1. The van der Waals surface area contributed by atoms with Crippen LogP contribution in [-0.2, 0) is 5.75 Å². The SMILES string of the molecule is Cc1cnn(-c2cccc(NCCSCc3ccccc3C#N)n2)c1. The van der Waals surface area contributed by atoms with Crippen molar-refractivity contribution in [2.45, 2.75) is 12.7 Å². The summed E-state index contributed by atoms with van der Waals surface area (Å²) < 4.78 is 1.77. The van der Waals surface area contributed by atoms with Crippen molar-refractivity contribution in [3.63, 3.8) is 0 Å². The first kappa shape index (κ1) is 17.1. The summed E-state index contributed by atoms with van der Waals surface area (Å²) in [6, 6.07) is 15.8. The van der Waals surface area contributed by atoms with E-state index in [9.17, 15) is 0 Å².